The number of imidazole rings is 1. The average molecular weight is 564 g/mol. The molecule has 0 bridgehead atoms. The van der Waals surface area contributed by atoms with Crippen LogP contribution >= 0.6 is 0 Å². The number of fused-ring (bicyclic) bond motifs is 1. The van der Waals surface area contributed by atoms with E-state index in [0.717, 1.165) is 30.0 Å². The van der Waals surface area contributed by atoms with Crippen LogP contribution in [-0.4, -0.2) is 43.9 Å². The summed E-state index contributed by atoms with van der Waals surface area (Å²) in [5.41, 5.74) is 1.65. The van der Waals surface area contributed by atoms with Crippen LogP contribution in [0.15, 0.2) is 82.5 Å². The van der Waals surface area contributed by atoms with Crippen molar-refractivity contribution in [2.75, 3.05) is 25.1 Å². The van der Waals surface area contributed by atoms with Crippen molar-refractivity contribution >= 4 is 17.0 Å². The molecule has 0 spiro atoms. The summed E-state index contributed by atoms with van der Waals surface area (Å²) in [5, 5.41) is 9.52. The lowest BCUT2D eigenvalue weighted by Gasteiger charge is -2.18. The van der Waals surface area contributed by atoms with E-state index in [1.807, 2.05) is 59.0 Å². The fourth-order valence-corrected chi connectivity index (χ4v) is 4.90. The molecule has 3 aromatic heterocycles. The standard InChI is InChI=1S/C32H33N7O3/c1-4-5-18-38-28-30(37(3)32(41)39(31(28)40)22-25-11-7-6-10-24(25)21-33)35-29(38)23-13-15-26(16-14-23)42-20-19-36(2)27-12-8-9-17-34-27/h6-17H,4-5,18-20,22H2,1-3H3. The number of nitriles is 1. The van der Waals surface area contributed by atoms with Gasteiger partial charge in [-0.25, -0.2) is 14.8 Å². The minimum absolute atomic E-state index is 0.00102. The molecule has 3 heterocycles. The van der Waals surface area contributed by atoms with E-state index < -0.39 is 11.2 Å². The van der Waals surface area contributed by atoms with E-state index in [9.17, 15) is 14.9 Å². The Hall–Kier alpha value is -5.17. The van der Waals surface area contributed by atoms with E-state index in [1.165, 1.54) is 9.13 Å². The number of unbranched alkanes of at least 4 members (excludes halogenated alkanes) is 1. The van der Waals surface area contributed by atoms with Gasteiger partial charge in [-0.3, -0.25) is 13.9 Å². The molecule has 42 heavy (non-hydrogen) atoms. The fourth-order valence-electron chi connectivity index (χ4n) is 4.90. The number of benzene rings is 2. The predicted octanol–water partition coefficient (Wildman–Crippen LogP) is 4.19. The molecule has 0 aliphatic rings. The van der Waals surface area contributed by atoms with Crippen molar-refractivity contribution in [1.29, 1.82) is 5.26 Å². The van der Waals surface area contributed by atoms with E-state index in [2.05, 4.69) is 18.0 Å². The van der Waals surface area contributed by atoms with Gasteiger partial charge in [-0.05, 0) is 54.4 Å². The van der Waals surface area contributed by atoms with Crippen LogP contribution in [0.5, 0.6) is 5.75 Å². The maximum Gasteiger partial charge on any atom is 0.332 e. The average Bonchev–Trinajstić information content (AvgIpc) is 3.41. The third kappa shape index (κ3) is 5.67. The molecule has 0 amide bonds. The van der Waals surface area contributed by atoms with Gasteiger partial charge in [0, 0.05) is 32.4 Å². The quantitative estimate of drug-likeness (QED) is 0.237. The minimum Gasteiger partial charge on any atom is -0.492 e. The summed E-state index contributed by atoms with van der Waals surface area (Å²) < 4.78 is 10.5. The molecule has 0 aliphatic carbocycles. The first-order valence-electron chi connectivity index (χ1n) is 14.0. The third-order valence-corrected chi connectivity index (χ3v) is 7.28. The Labute approximate surface area is 243 Å². The van der Waals surface area contributed by atoms with Crippen molar-refractivity contribution < 1.29 is 4.74 Å². The first-order valence-corrected chi connectivity index (χ1v) is 14.0. The highest BCUT2D eigenvalue weighted by Gasteiger charge is 2.21. The van der Waals surface area contributed by atoms with Crippen molar-refractivity contribution in [1.82, 2.24) is 23.7 Å². The highest BCUT2D eigenvalue weighted by molar-refractivity contribution is 5.77. The van der Waals surface area contributed by atoms with Crippen molar-refractivity contribution in [3.8, 4) is 23.2 Å². The number of ether oxygens (including phenoxy) is 1. The second-order valence-corrected chi connectivity index (χ2v) is 10.1. The van der Waals surface area contributed by atoms with Gasteiger partial charge in [-0.1, -0.05) is 37.6 Å². The minimum atomic E-state index is -0.480. The topological polar surface area (TPSA) is 111 Å². The highest BCUT2D eigenvalue weighted by Crippen LogP contribution is 2.25. The lowest BCUT2D eigenvalue weighted by atomic mass is 10.1. The van der Waals surface area contributed by atoms with Crippen molar-refractivity contribution in [3.05, 3.63) is 105 Å². The van der Waals surface area contributed by atoms with E-state index in [1.54, 1.807) is 37.5 Å². The smallest absolute Gasteiger partial charge is 0.332 e. The van der Waals surface area contributed by atoms with Crippen molar-refractivity contribution in [2.45, 2.75) is 32.9 Å². The predicted molar refractivity (Wildman–Crippen MR) is 163 cm³/mol. The molecular weight excluding hydrogens is 530 g/mol. The summed E-state index contributed by atoms with van der Waals surface area (Å²) in [4.78, 5) is 38.3. The van der Waals surface area contributed by atoms with Crippen molar-refractivity contribution in [2.24, 2.45) is 7.05 Å². The molecule has 10 nitrogen and oxygen atoms in total. The summed E-state index contributed by atoms with van der Waals surface area (Å²) in [5.74, 6) is 2.21. The maximum absolute atomic E-state index is 13.8. The Morgan fingerprint density at radius 1 is 1.00 bits per heavy atom. The normalized spacial score (nSPS) is 11.0. The summed E-state index contributed by atoms with van der Waals surface area (Å²) in [6.45, 7) is 3.81. The summed E-state index contributed by atoms with van der Waals surface area (Å²) >= 11 is 0. The molecule has 0 N–H and O–H groups in total. The number of hydrogen-bond acceptors (Lipinski definition) is 7. The fraction of sp³-hybridized carbons (Fsp3) is 0.281. The Morgan fingerprint density at radius 2 is 1.76 bits per heavy atom. The van der Waals surface area contributed by atoms with Gasteiger partial charge < -0.3 is 14.2 Å². The largest absolute Gasteiger partial charge is 0.492 e. The van der Waals surface area contributed by atoms with Gasteiger partial charge in [0.25, 0.3) is 5.56 Å². The monoisotopic (exact) mass is 563 g/mol. The molecule has 0 saturated heterocycles. The SMILES string of the molecule is CCCCn1c(-c2ccc(OCCN(C)c3ccccn3)cc2)nc2c1c(=O)n(Cc1ccccc1C#N)c(=O)n2C. The number of pyridine rings is 1. The van der Waals surface area contributed by atoms with Crippen LogP contribution in [0.1, 0.15) is 30.9 Å². The first-order chi connectivity index (χ1) is 20.4. The number of rotatable bonds is 11. The van der Waals surface area contributed by atoms with Crippen LogP contribution in [0.25, 0.3) is 22.6 Å². The number of anilines is 1. The molecule has 2 aromatic carbocycles. The summed E-state index contributed by atoms with van der Waals surface area (Å²) in [7, 11) is 3.59. The summed E-state index contributed by atoms with van der Waals surface area (Å²) in [6, 6.07) is 22.5. The Morgan fingerprint density at radius 3 is 2.48 bits per heavy atom. The number of aryl methyl sites for hydroxylation is 2. The zero-order chi connectivity index (χ0) is 29.6. The molecule has 0 atom stereocenters. The molecule has 0 fully saturated rings. The van der Waals surface area contributed by atoms with Gasteiger partial charge in [0.2, 0.25) is 0 Å². The van der Waals surface area contributed by atoms with Gasteiger partial charge in [0.15, 0.2) is 11.2 Å². The van der Waals surface area contributed by atoms with Gasteiger partial charge in [0.1, 0.15) is 24.0 Å². The Bertz CT molecular complexity index is 1850. The number of nitrogens with zero attached hydrogens (tertiary/aromatic N) is 7. The molecule has 10 heteroatoms. The number of hydrogen-bond donors (Lipinski definition) is 0. The van der Waals surface area contributed by atoms with Gasteiger partial charge in [0.05, 0.1) is 24.7 Å². The molecule has 5 rings (SSSR count). The van der Waals surface area contributed by atoms with Crippen LogP contribution in [0.4, 0.5) is 5.82 Å². The second-order valence-electron chi connectivity index (χ2n) is 10.1. The highest BCUT2D eigenvalue weighted by atomic mass is 16.5. The van der Waals surface area contributed by atoms with Crippen LogP contribution in [0.3, 0.4) is 0 Å². The summed E-state index contributed by atoms with van der Waals surface area (Å²) in [6.07, 6.45) is 3.53. The van der Waals surface area contributed by atoms with Crippen LogP contribution in [0.2, 0.25) is 0 Å². The molecule has 0 aliphatic heterocycles. The molecule has 5 aromatic rings. The van der Waals surface area contributed by atoms with Crippen molar-refractivity contribution in [3.63, 3.8) is 0 Å². The van der Waals surface area contributed by atoms with Gasteiger partial charge in [-0.2, -0.15) is 5.26 Å². The second kappa shape index (κ2) is 12.6. The maximum atomic E-state index is 13.8. The van der Waals surface area contributed by atoms with Gasteiger partial charge in [-0.15, -0.1) is 0 Å². The molecule has 0 saturated carbocycles. The van der Waals surface area contributed by atoms with E-state index >= 15 is 0 Å². The van der Waals surface area contributed by atoms with Gasteiger partial charge >= 0.3 is 5.69 Å². The first kappa shape index (κ1) is 28.4. The van der Waals surface area contributed by atoms with Crippen LogP contribution in [-0.2, 0) is 20.1 Å². The number of likely N-dealkylation sites (N-methyl/N-ethyl adjacent to an activating group) is 1. The molecule has 0 radical (unpaired) electrons. The third-order valence-electron chi connectivity index (χ3n) is 7.28. The zero-order valence-corrected chi connectivity index (χ0v) is 24.0. The van der Waals surface area contributed by atoms with Crippen LogP contribution in [0, 0.1) is 11.3 Å². The molecule has 0 unspecified atom stereocenters. The lowest BCUT2D eigenvalue weighted by molar-refractivity contribution is 0.325. The van der Waals surface area contributed by atoms with Crippen LogP contribution < -0.4 is 20.9 Å². The van der Waals surface area contributed by atoms with E-state index in [4.69, 9.17) is 9.72 Å². The molecule has 214 valence electrons. The number of aromatic nitrogens is 5. The zero-order valence-electron chi connectivity index (χ0n) is 24.0. The Kier molecular flexibility index (Phi) is 8.48. The van der Waals surface area contributed by atoms with E-state index in [0.29, 0.717) is 47.8 Å². The molecular formula is C32H33N7O3. The Balaban J connectivity index is 1.46. The lowest BCUT2D eigenvalue weighted by Crippen LogP contribution is -2.40. The van der Waals surface area contributed by atoms with E-state index in [-0.39, 0.29) is 6.54 Å².